The number of rotatable bonds is 4. The molecule has 19 heavy (non-hydrogen) atoms. The summed E-state index contributed by atoms with van der Waals surface area (Å²) in [6.45, 7) is 2.12. The highest BCUT2D eigenvalue weighted by molar-refractivity contribution is 7.09. The van der Waals surface area contributed by atoms with Crippen molar-refractivity contribution in [2.75, 3.05) is 11.1 Å². The Morgan fingerprint density at radius 1 is 1.47 bits per heavy atom. The number of aromatic amines is 1. The van der Waals surface area contributed by atoms with Crippen LogP contribution in [-0.2, 0) is 0 Å². The van der Waals surface area contributed by atoms with E-state index in [1.807, 2.05) is 29.8 Å². The second-order valence-electron chi connectivity index (χ2n) is 4.34. The summed E-state index contributed by atoms with van der Waals surface area (Å²) in [6, 6.07) is 5.83. The predicted octanol–water partition coefficient (Wildman–Crippen LogP) is 3.16. The van der Waals surface area contributed by atoms with Crippen molar-refractivity contribution < 1.29 is 0 Å². The molecule has 0 aliphatic rings. The minimum Gasteiger partial charge on any atom is -0.399 e. The van der Waals surface area contributed by atoms with Crippen molar-refractivity contribution >= 4 is 34.0 Å². The standard InChI is InChI=1S/C13H15N5S/c1-2-9(12-15-5-6-19-12)16-13-17-10-4-3-8(14)7-11(10)18-13/h3-7,9H,2,14H2,1H3,(H2,16,17,18). The van der Waals surface area contributed by atoms with E-state index in [0.717, 1.165) is 34.1 Å². The fraction of sp³-hybridized carbons (Fsp3) is 0.231. The van der Waals surface area contributed by atoms with Gasteiger partial charge < -0.3 is 16.0 Å². The number of benzene rings is 1. The van der Waals surface area contributed by atoms with Gasteiger partial charge in [0.2, 0.25) is 5.95 Å². The summed E-state index contributed by atoms with van der Waals surface area (Å²) in [5, 5.41) is 6.44. The highest BCUT2D eigenvalue weighted by Gasteiger charge is 2.13. The lowest BCUT2D eigenvalue weighted by Crippen LogP contribution is -2.10. The summed E-state index contributed by atoms with van der Waals surface area (Å²) in [4.78, 5) is 12.1. The Hall–Kier alpha value is -2.08. The number of hydrogen-bond donors (Lipinski definition) is 3. The van der Waals surface area contributed by atoms with Crippen molar-refractivity contribution in [3.63, 3.8) is 0 Å². The first-order valence-corrected chi connectivity index (χ1v) is 7.05. The van der Waals surface area contributed by atoms with Crippen LogP contribution in [0.15, 0.2) is 29.8 Å². The molecule has 0 amide bonds. The van der Waals surface area contributed by atoms with Gasteiger partial charge in [0, 0.05) is 17.3 Å². The number of nitrogens with two attached hydrogens (primary N) is 1. The molecule has 0 fully saturated rings. The van der Waals surface area contributed by atoms with Crippen molar-refractivity contribution in [1.82, 2.24) is 15.0 Å². The average molecular weight is 273 g/mol. The van der Waals surface area contributed by atoms with Crippen LogP contribution in [0.1, 0.15) is 24.4 Å². The number of nitrogen functional groups attached to an aromatic ring is 1. The van der Waals surface area contributed by atoms with E-state index < -0.39 is 0 Å². The number of thiazole rings is 1. The van der Waals surface area contributed by atoms with Crippen LogP contribution in [0.3, 0.4) is 0 Å². The van der Waals surface area contributed by atoms with Gasteiger partial charge in [-0.2, -0.15) is 0 Å². The maximum absolute atomic E-state index is 5.76. The lowest BCUT2D eigenvalue weighted by molar-refractivity contribution is 0.734. The van der Waals surface area contributed by atoms with Crippen molar-refractivity contribution in [3.05, 3.63) is 34.8 Å². The second-order valence-corrected chi connectivity index (χ2v) is 5.26. The van der Waals surface area contributed by atoms with Crippen LogP contribution in [0, 0.1) is 0 Å². The van der Waals surface area contributed by atoms with E-state index in [2.05, 4.69) is 27.2 Å². The molecule has 0 saturated carbocycles. The van der Waals surface area contributed by atoms with Crippen LogP contribution in [0.5, 0.6) is 0 Å². The molecule has 4 N–H and O–H groups in total. The molecule has 0 bridgehead atoms. The van der Waals surface area contributed by atoms with Crippen molar-refractivity contribution in [3.8, 4) is 0 Å². The number of hydrogen-bond acceptors (Lipinski definition) is 5. The van der Waals surface area contributed by atoms with Gasteiger partial charge >= 0.3 is 0 Å². The largest absolute Gasteiger partial charge is 0.399 e. The number of imidazole rings is 1. The molecule has 3 rings (SSSR count). The zero-order valence-electron chi connectivity index (χ0n) is 10.6. The third kappa shape index (κ3) is 2.39. The van der Waals surface area contributed by atoms with Crippen LogP contribution < -0.4 is 11.1 Å². The molecule has 2 aromatic heterocycles. The molecule has 98 valence electrons. The zero-order valence-corrected chi connectivity index (χ0v) is 11.4. The first kappa shape index (κ1) is 12.0. The van der Waals surface area contributed by atoms with E-state index in [9.17, 15) is 0 Å². The quantitative estimate of drug-likeness (QED) is 0.638. The smallest absolute Gasteiger partial charge is 0.201 e. The zero-order chi connectivity index (χ0) is 13.2. The average Bonchev–Trinajstić information content (AvgIpc) is 3.04. The molecule has 6 heteroatoms. The molecule has 1 atom stereocenters. The van der Waals surface area contributed by atoms with Gasteiger partial charge in [0.05, 0.1) is 17.1 Å². The highest BCUT2D eigenvalue weighted by atomic mass is 32.1. The molecule has 3 aromatic rings. The Balaban J connectivity index is 1.88. The molecule has 0 aliphatic heterocycles. The number of aromatic nitrogens is 3. The van der Waals surface area contributed by atoms with Crippen LogP contribution in [0.2, 0.25) is 0 Å². The third-order valence-corrected chi connectivity index (χ3v) is 3.86. The Labute approximate surface area is 114 Å². The molecule has 1 unspecified atom stereocenters. The fourth-order valence-electron chi connectivity index (χ4n) is 2.01. The first-order chi connectivity index (χ1) is 9.26. The van der Waals surface area contributed by atoms with Gasteiger partial charge in [-0.15, -0.1) is 11.3 Å². The van der Waals surface area contributed by atoms with Crippen LogP contribution >= 0.6 is 11.3 Å². The van der Waals surface area contributed by atoms with E-state index in [1.165, 1.54) is 0 Å². The summed E-state index contributed by atoms with van der Waals surface area (Å²) in [7, 11) is 0. The molecule has 2 heterocycles. The molecular weight excluding hydrogens is 258 g/mol. The molecule has 0 radical (unpaired) electrons. The van der Waals surface area contributed by atoms with Crippen molar-refractivity contribution in [1.29, 1.82) is 0 Å². The molecule has 0 spiro atoms. The van der Waals surface area contributed by atoms with Crippen molar-refractivity contribution in [2.45, 2.75) is 19.4 Å². The number of H-pyrrole nitrogens is 1. The van der Waals surface area contributed by atoms with Gasteiger partial charge in [-0.3, -0.25) is 0 Å². The summed E-state index contributed by atoms with van der Waals surface area (Å²) in [6.07, 6.45) is 2.77. The predicted molar refractivity (Wildman–Crippen MR) is 79.3 cm³/mol. The lowest BCUT2D eigenvalue weighted by atomic mass is 10.2. The summed E-state index contributed by atoms with van der Waals surface area (Å²) in [5.41, 5.74) is 8.34. The minimum absolute atomic E-state index is 0.179. The highest BCUT2D eigenvalue weighted by Crippen LogP contribution is 2.24. The fourth-order valence-corrected chi connectivity index (χ4v) is 2.78. The van der Waals surface area contributed by atoms with Gasteiger partial charge in [-0.05, 0) is 24.6 Å². The molecule has 0 aliphatic carbocycles. The van der Waals surface area contributed by atoms with Gasteiger partial charge in [0.25, 0.3) is 0 Å². The summed E-state index contributed by atoms with van der Waals surface area (Å²) in [5.74, 6) is 0.752. The summed E-state index contributed by atoms with van der Waals surface area (Å²) >= 11 is 1.65. The van der Waals surface area contributed by atoms with Crippen LogP contribution in [0.4, 0.5) is 11.6 Å². The number of fused-ring (bicyclic) bond motifs is 1. The number of nitrogens with one attached hydrogen (secondary N) is 2. The Kier molecular flexibility index (Phi) is 3.08. The number of nitrogens with zero attached hydrogens (tertiary/aromatic N) is 2. The molecule has 0 saturated heterocycles. The van der Waals surface area contributed by atoms with Gasteiger partial charge in [-0.1, -0.05) is 6.92 Å². The van der Waals surface area contributed by atoms with E-state index >= 15 is 0 Å². The second kappa shape index (κ2) is 4.89. The lowest BCUT2D eigenvalue weighted by Gasteiger charge is -2.12. The SMILES string of the molecule is CCC(Nc1nc2ccc(N)cc2[nH]1)c1nccs1. The molecule has 5 nitrogen and oxygen atoms in total. The molecular formula is C13H15N5S. The first-order valence-electron chi connectivity index (χ1n) is 6.17. The normalized spacial score (nSPS) is 12.7. The number of anilines is 2. The monoisotopic (exact) mass is 273 g/mol. The summed E-state index contributed by atoms with van der Waals surface area (Å²) < 4.78 is 0. The molecule has 1 aromatic carbocycles. The van der Waals surface area contributed by atoms with Gasteiger partial charge in [-0.25, -0.2) is 9.97 Å². The van der Waals surface area contributed by atoms with Gasteiger partial charge in [0.1, 0.15) is 5.01 Å². The van der Waals surface area contributed by atoms with Gasteiger partial charge in [0.15, 0.2) is 0 Å². The van der Waals surface area contributed by atoms with E-state index in [1.54, 1.807) is 11.3 Å². The Bertz CT molecular complexity index is 673. The van der Waals surface area contributed by atoms with E-state index in [4.69, 9.17) is 5.73 Å². The topological polar surface area (TPSA) is 79.6 Å². The van der Waals surface area contributed by atoms with E-state index in [-0.39, 0.29) is 6.04 Å². The van der Waals surface area contributed by atoms with E-state index in [0.29, 0.717) is 0 Å². The third-order valence-electron chi connectivity index (χ3n) is 2.97. The Morgan fingerprint density at radius 3 is 3.11 bits per heavy atom. The van der Waals surface area contributed by atoms with Crippen molar-refractivity contribution in [2.24, 2.45) is 0 Å². The Morgan fingerprint density at radius 2 is 2.37 bits per heavy atom. The van der Waals surface area contributed by atoms with Crippen LogP contribution in [0.25, 0.3) is 11.0 Å². The van der Waals surface area contributed by atoms with Crippen LogP contribution in [-0.4, -0.2) is 15.0 Å². The minimum atomic E-state index is 0.179. The maximum atomic E-state index is 5.76. The maximum Gasteiger partial charge on any atom is 0.201 e.